The van der Waals surface area contributed by atoms with Crippen LogP contribution in [-0.2, 0) is 0 Å². The maximum absolute atomic E-state index is 12.9. The molecule has 136 valence electrons. The fourth-order valence-electron chi connectivity index (χ4n) is 3.03. The van der Waals surface area contributed by atoms with E-state index < -0.39 is 7.12 Å². The molecule has 26 heavy (non-hydrogen) atoms. The first-order valence-corrected chi connectivity index (χ1v) is 8.29. The molecule has 0 bridgehead atoms. The zero-order chi connectivity index (χ0) is 19.3. The average Bonchev–Trinajstić information content (AvgIpc) is 2.67. The summed E-state index contributed by atoms with van der Waals surface area (Å²) in [5.41, 5.74) is 1.33. The lowest BCUT2D eigenvalue weighted by molar-refractivity contribution is 0.0724. The molecule has 2 rings (SSSR count). The van der Waals surface area contributed by atoms with Gasteiger partial charge in [0.15, 0.2) is 0 Å². The lowest BCUT2D eigenvalue weighted by Gasteiger charge is -2.29. The minimum Gasteiger partial charge on any atom is -0.496 e. The fraction of sp³-hybridized carbons (Fsp3) is 0.263. The second-order valence-corrected chi connectivity index (χ2v) is 5.92. The van der Waals surface area contributed by atoms with Crippen molar-refractivity contribution in [1.29, 1.82) is 0 Å². The largest absolute Gasteiger partial charge is 0.496 e. The lowest BCUT2D eigenvalue weighted by Crippen LogP contribution is -2.35. The summed E-state index contributed by atoms with van der Waals surface area (Å²) >= 11 is 0. The van der Waals surface area contributed by atoms with E-state index in [0.717, 1.165) is 5.56 Å². The number of methoxy groups -OCH3 is 1. The predicted octanol–water partition coefficient (Wildman–Crippen LogP) is 1.41. The third-order valence-electron chi connectivity index (χ3n) is 4.41. The molecule has 2 aromatic carbocycles. The summed E-state index contributed by atoms with van der Waals surface area (Å²) in [4.78, 5) is 25.7. The fourth-order valence-corrected chi connectivity index (χ4v) is 3.03. The van der Waals surface area contributed by atoms with Gasteiger partial charge in [0.1, 0.15) is 12.0 Å². The number of amides is 1. The highest BCUT2D eigenvalue weighted by Crippen LogP contribution is 2.31. The normalized spacial score (nSPS) is 11.6. The maximum Gasteiger partial charge on any atom is 0.489 e. The van der Waals surface area contributed by atoms with Crippen LogP contribution in [0.1, 0.15) is 45.7 Å². The first-order chi connectivity index (χ1) is 12.4. The van der Waals surface area contributed by atoms with Gasteiger partial charge < -0.3 is 19.7 Å². The van der Waals surface area contributed by atoms with E-state index in [-0.39, 0.29) is 23.0 Å². The molecule has 1 unspecified atom stereocenters. The summed E-state index contributed by atoms with van der Waals surface area (Å²) in [5.74, 6) is 0.427. The predicted molar refractivity (Wildman–Crippen MR) is 99.8 cm³/mol. The molecule has 6 nitrogen and oxygen atoms in total. The second-order valence-electron chi connectivity index (χ2n) is 5.92. The van der Waals surface area contributed by atoms with Crippen LogP contribution in [0.3, 0.4) is 0 Å². The monoisotopic (exact) mass is 355 g/mol. The topological polar surface area (TPSA) is 87.1 Å². The van der Waals surface area contributed by atoms with Crippen molar-refractivity contribution in [3.8, 4) is 5.75 Å². The Morgan fingerprint density at radius 1 is 1.27 bits per heavy atom. The Kier molecular flexibility index (Phi) is 6.55. The number of hydrogen-bond acceptors (Lipinski definition) is 5. The van der Waals surface area contributed by atoms with Gasteiger partial charge in [0.05, 0.1) is 13.2 Å². The highest BCUT2D eigenvalue weighted by Gasteiger charge is 2.25. The van der Waals surface area contributed by atoms with E-state index >= 15 is 0 Å². The maximum atomic E-state index is 12.9. The van der Waals surface area contributed by atoms with Gasteiger partial charge in [-0.15, -0.1) is 0 Å². The van der Waals surface area contributed by atoms with Gasteiger partial charge >= 0.3 is 7.12 Å². The number of carbonyl (C=O) groups excluding carboxylic acids is 2. The molecular formula is C19H22BNO5. The Hall–Kier alpha value is -2.64. The van der Waals surface area contributed by atoms with Crippen molar-refractivity contribution in [2.24, 2.45) is 0 Å². The second kappa shape index (κ2) is 8.64. The van der Waals surface area contributed by atoms with Crippen LogP contribution in [0.4, 0.5) is 0 Å². The number of carbonyl (C=O) groups is 2. The highest BCUT2D eigenvalue weighted by molar-refractivity contribution is 6.60. The van der Waals surface area contributed by atoms with Gasteiger partial charge in [0.2, 0.25) is 0 Å². The quantitative estimate of drug-likeness (QED) is 0.579. The number of para-hydroxylation sites is 1. The molecule has 0 heterocycles. The zero-order valence-corrected chi connectivity index (χ0v) is 15.0. The minimum atomic E-state index is -1.77. The Labute approximate surface area is 153 Å². The summed E-state index contributed by atoms with van der Waals surface area (Å²) in [7, 11) is 1.51. The molecule has 7 heteroatoms. The first-order valence-electron chi connectivity index (χ1n) is 8.29. The van der Waals surface area contributed by atoms with E-state index in [4.69, 9.17) is 4.74 Å². The van der Waals surface area contributed by atoms with Crippen LogP contribution in [0, 0.1) is 0 Å². The smallest absolute Gasteiger partial charge is 0.489 e. The molecule has 0 spiro atoms. The molecular weight excluding hydrogens is 333 g/mol. The van der Waals surface area contributed by atoms with E-state index in [1.54, 1.807) is 19.1 Å². The third kappa shape index (κ3) is 3.95. The molecule has 0 saturated heterocycles. The van der Waals surface area contributed by atoms with Crippen LogP contribution in [0.15, 0.2) is 42.5 Å². The van der Waals surface area contributed by atoms with E-state index in [1.165, 1.54) is 18.2 Å². The average molecular weight is 355 g/mol. The van der Waals surface area contributed by atoms with E-state index in [9.17, 15) is 19.6 Å². The Balaban J connectivity index is 2.37. The van der Waals surface area contributed by atoms with Crippen LogP contribution in [0.25, 0.3) is 0 Å². The summed E-state index contributed by atoms with van der Waals surface area (Å²) in [6.07, 6.45) is 1.18. The van der Waals surface area contributed by atoms with Crippen LogP contribution in [0.2, 0.25) is 0 Å². The van der Waals surface area contributed by atoms with Crippen molar-refractivity contribution in [2.45, 2.75) is 19.4 Å². The van der Waals surface area contributed by atoms with E-state index in [1.807, 2.05) is 31.2 Å². The highest BCUT2D eigenvalue weighted by atomic mass is 16.5. The van der Waals surface area contributed by atoms with Crippen LogP contribution < -0.4 is 10.2 Å². The molecule has 0 aliphatic carbocycles. The van der Waals surface area contributed by atoms with Crippen molar-refractivity contribution >= 4 is 24.8 Å². The van der Waals surface area contributed by atoms with Crippen LogP contribution >= 0.6 is 0 Å². The molecule has 0 aliphatic rings. The van der Waals surface area contributed by atoms with Gasteiger partial charge in [-0.05, 0) is 30.1 Å². The van der Waals surface area contributed by atoms with Crippen LogP contribution in [-0.4, -0.2) is 48.4 Å². The van der Waals surface area contributed by atoms with Gasteiger partial charge in [-0.1, -0.05) is 31.2 Å². The number of benzene rings is 2. The van der Waals surface area contributed by atoms with Crippen molar-refractivity contribution in [3.05, 3.63) is 59.2 Å². The van der Waals surface area contributed by atoms with Gasteiger partial charge in [0.25, 0.3) is 5.91 Å². The van der Waals surface area contributed by atoms with Crippen molar-refractivity contribution < 1.29 is 24.4 Å². The third-order valence-corrected chi connectivity index (χ3v) is 4.41. The van der Waals surface area contributed by atoms with Crippen molar-refractivity contribution in [2.75, 3.05) is 14.2 Å². The number of nitrogens with zero attached hydrogens (tertiary/aromatic N) is 1. The molecule has 0 radical (unpaired) electrons. The summed E-state index contributed by atoms with van der Waals surface area (Å²) in [6, 6.07) is 11.5. The van der Waals surface area contributed by atoms with E-state index in [0.29, 0.717) is 24.0 Å². The number of ether oxygens (including phenoxy) is 1. The van der Waals surface area contributed by atoms with Gasteiger partial charge in [-0.3, -0.25) is 9.59 Å². The lowest BCUT2D eigenvalue weighted by atomic mass is 9.76. The molecule has 2 N–H and O–H groups in total. The molecule has 0 aromatic heterocycles. The first kappa shape index (κ1) is 19.7. The standard InChI is InChI=1S/C19H22BNO5/c1-4-17(15-7-5-6-8-18(15)26-3)21(2)19(23)13-9-10-16(20(24)25)14(11-13)12-22/h5-12,17,24-25H,4H2,1-3H3. The molecule has 1 atom stereocenters. The zero-order valence-electron chi connectivity index (χ0n) is 15.0. The Bertz CT molecular complexity index is 793. The summed E-state index contributed by atoms with van der Waals surface area (Å²) in [5, 5.41) is 18.6. The van der Waals surface area contributed by atoms with Crippen LogP contribution in [0.5, 0.6) is 5.75 Å². The van der Waals surface area contributed by atoms with Gasteiger partial charge in [-0.2, -0.15) is 0 Å². The summed E-state index contributed by atoms with van der Waals surface area (Å²) in [6.45, 7) is 1.98. The van der Waals surface area contributed by atoms with Crippen molar-refractivity contribution in [3.63, 3.8) is 0 Å². The molecule has 1 amide bonds. The van der Waals surface area contributed by atoms with Gasteiger partial charge in [-0.25, -0.2) is 0 Å². The molecule has 2 aromatic rings. The summed E-state index contributed by atoms with van der Waals surface area (Å²) < 4.78 is 5.40. The molecule has 0 saturated carbocycles. The Morgan fingerprint density at radius 3 is 2.54 bits per heavy atom. The van der Waals surface area contributed by atoms with Crippen molar-refractivity contribution in [1.82, 2.24) is 4.90 Å². The number of hydrogen-bond donors (Lipinski definition) is 2. The van der Waals surface area contributed by atoms with Gasteiger partial charge in [0, 0.05) is 23.7 Å². The number of aldehydes is 1. The SMILES string of the molecule is CCC(c1ccccc1OC)N(C)C(=O)c1ccc(B(O)O)c(C=O)c1. The van der Waals surface area contributed by atoms with E-state index in [2.05, 4.69) is 0 Å². The Morgan fingerprint density at radius 2 is 1.96 bits per heavy atom. The molecule has 0 fully saturated rings. The number of rotatable bonds is 7. The molecule has 0 aliphatic heterocycles. The minimum absolute atomic E-state index is 0.0657.